The molecule has 1 aromatic heterocycles. The minimum atomic E-state index is -0.466. The number of hydrogen-bond acceptors (Lipinski definition) is 3. The van der Waals surface area contributed by atoms with Crippen LogP contribution in [0.3, 0.4) is 0 Å². The van der Waals surface area contributed by atoms with Crippen LogP contribution in [0.2, 0.25) is 0 Å². The number of amides is 1. The van der Waals surface area contributed by atoms with E-state index in [0.717, 1.165) is 5.56 Å². The van der Waals surface area contributed by atoms with Crippen LogP contribution in [0.4, 0.5) is 10.1 Å². The van der Waals surface area contributed by atoms with Crippen LogP contribution in [0.5, 0.6) is 0 Å². The average molecular weight is 373 g/mol. The van der Waals surface area contributed by atoms with Crippen molar-refractivity contribution in [3.8, 4) is 11.3 Å². The Kier molecular flexibility index (Phi) is 4.49. The van der Waals surface area contributed by atoms with E-state index >= 15 is 0 Å². The zero-order chi connectivity index (χ0) is 19.7. The highest BCUT2D eigenvalue weighted by molar-refractivity contribution is 6.05. The number of carbonyl (C=O) groups excluding carboxylic acids is 1. The Bertz CT molecular complexity index is 1260. The minimum absolute atomic E-state index is 0.159. The van der Waals surface area contributed by atoms with Gasteiger partial charge in [0.25, 0.3) is 5.91 Å². The summed E-state index contributed by atoms with van der Waals surface area (Å²) in [7, 11) is 0. The van der Waals surface area contributed by atoms with E-state index in [4.69, 9.17) is 4.42 Å². The average Bonchev–Trinajstić information content (AvgIpc) is 2.68. The van der Waals surface area contributed by atoms with Crippen LogP contribution >= 0.6 is 0 Å². The summed E-state index contributed by atoms with van der Waals surface area (Å²) in [5.41, 5.74) is 2.21. The monoisotopic (exact) mass is 373 g/mol. The van der Waals surface area contributed by atoms with E-state index in [1.54, 1.807) is 48.5 Å². The fraction of sp³-hybridized carbons (Fsp3) is 0.0435. The van der Waals surface area contributed by atoms with Gasteiger partial charge in [-0.3, -0.25) is 9.59 Å². The van der Waals surface area contributed by atoms with Crippen LogP contribution in [-0.2, 0) is 0 Å². The summed E-state index contributed by atoms with van der Waals surface area (Å²) in [5, 5.41) is 3.09. The smallest absolute Gasteiger partial charge is 0.255 e. The van der Waals surface area contributed by atoms with Crippen molar-refractivity contribution in [2.45, 2.75) is 6.92 Å². The lowest BCUT2D eigenvalue weighted by atomic mass is 10.1. The van der Waals surface area contributed by atoms with E-state index in [1.807, 2.05) is 19.1 Å². The van der Waals surface area contributed by atoms with Crippen molar-refractivity contribution >= 4 is 22.6 Å². The first-order chi connectivity index (χ1) is 13.5. The number of halogens is 1. The van der Waals surface area contributed by atoms with Gasteiger partial charge in [-0.05, 0) is 49.4 Å². The van der Waals surface area contributed by atoms with E-state index in [1.165, 1.54) is 12.1 Å². The number of hydrogen-bond donors (Lipinski definition) is 1. The predicted molar refractivity (Wildman–Crippen MR) is 107 cm³/mol. The normalized spacial score (nSPS) is 10.8. The maximum absolute atomic E-state index is 14.0. The van der Waals surface area contributed by atoms with Gasteiger partial charge in [0.05, 0.1) is 10.9 Å². The lowest BCUT2D eigenvalue weighted by Gasteiger charge is -2.08. The highest BCUT2D eigenvalue weighted by atomic mass is 19.1. The number of benzene rings is 3. The van der Waals surface area contributed by atoms with E-state index in [9.17, 15) is 14.0 Å². The van der Waals surface area contributed by atoms with Gasteiger partial charge in [0.1, 0.15) is 17.2 Å². The third-order valence-electron chi connectivity index (χ3n) is 4.40. The van der Waals surface area contributed by atoms with Gasteiger partial charge in [-0.15, -0.1) is 0 Å². The van der Waals surface area contributed by atoms with Crippen LogP contribution in [0.15, 0.2) is 82.0 Å². The van der Waals surface area contributed by atoms with Gasteiger partial charge in [-0.1, -0.05) is 29.8 Å². The molecule has 0 bridgehead atoms. The fourth-order valence-electron chi connectivity index (χ4n) is 3.02. The van der Waals surface area contributed by atoms with E-state index < -0.39 is 5.82 Å². The molecule has 0 fully saturated rings. The van der Waals surface area contributed by atoms with Gasteiger partial charge >= 0.3 is 0 Å². The second kappa shape index (κ2) is 7.12. The molecule has 138 valence electrons. The van der Waals surface area contributed by atoms with Crippen LogP contribution in [0.25, 0.3) is 22.3 Å². The zero-order valence-corrected chi connectivity index (χ0v) is 15.0. The third-order valence-corrected chi connectivity index (χ3v) is 4.40. The van der Waals surface area contributed by atoms with Crippen molar-refractivity contribution < 1.29 is 13.6 Å². The van der Waals surface area contributed by atoms with Crippen molar-refractivity contribution in [2.75, 3.05) is 5.32 Å². The number of fused-ring (bicyclic) bond motifs is 1. The van der Waals surface area contributed by atoms with Crippen molar-refractivity contribution in [3.05, 3.63) is 100.0 Å². The van der Waals surface area contributed by atoms with Gasteiger partial charge in [-0.2, -0.15) is 0 Å². The number of anilines is 1. The Morgan fingerprint density at radius 2 is 1.79 bits per heavy atom. The molecular weight excluding hydrogens is 357 g/mol. The van der Waals surface area contributed by atoms with Gasteiger partial charge in [-0.25, -0.2) is 4.39 Å². The Labute approximate surface area is 160 Å². The van der Waals surface area contributed by atoms with Gasteiger partial charge in [0.2, 0.25) is 0 Å². The number of rotatable bonds is 3. The Morgan fingerprint density at radius 3 is 2.57 bits per heavy atom. The molecule has 0 atom stereocenters. The summed E-state index contributed by atoms with van der Waals surface area (Å²) in [4.78, 5) is 25.0. The van der Waals surface area contributed by atoms with Crippen molar-refractivity contribution in [1.82, 2.24) is 0 Å². The van der Waals surface area contributed by atoms with Crippen molar-refractivity contribution in [2.24, 2.45) is 0 Å². The van der Waals surface area contributed by atoms with Gasteiger partial charge < -0.3 is 9.73 Å². The van der Waals surface area contributed by atoms with Crippen LogP contribution < -0.4 is 10.7 Å². The standard InChI is InChI=1S/C23H16FNO3/c1-14-5-4-6-15(11-14)23(27)25-16-9-10-21-18(12-16)20(26)13-22(28-21)17-7-2-3-8-19(17)24/h2-13H,1H3,(H,25,27). The Hall–Kier alpha value is -3.73. The molecule has 0 unspecified atom stereocenters. The molecule has 1 N–H and O–H groups in total. The maximum atomic E-state index is 14.0. The first kappa shape index (κ1) is 17.7. The first-order valence-electron chi connectivity index (χ1n) is 8.72. The molecule has 4 aromatic rings. The molecule has 3 aromatic carbocycles. The second-order valence-corrected chi connectivity index (χ2v) is 6.49. The van der Waals surface area contributed by atoms with Crippen molar-refractivity contribution in [1.29, 1.82) is 0 Å². The largest absolute Gasteiger partial charge is 0.456 e. The second-order valence-electron chi connectivity index (χ2n) is 6.49. The third kappa shape index (κ3) is 3.42. The molecule has 0 aliphatic carbocycles. The minimum Gasteiger partial charge on any atom is -0.456 e. The molecule has 0 saturated carbocycles. The molecule has 0 aliphatic heterocycles. The molecule has 1 heterocycles. The molecule has 1 amide bonds. The molecule has 0 radical (unpaired) electrons. The molecule has 5 heteroatoms. The summed E-state index contributed by atoms with van der Waals surface area (Å²) >= 11 is 0. The van der Waals surface area contributed by atoms with E-state index in [-0.39, 0.29) is 22.7 Å². The lowest BCUT2D eigenvalue weighted by molar-refractivity contribution is 0.102. The summed E-state index contributed by atoms with van der Waals surface area (Å²) in [5.74, 6) is -0.574. The summed E-state index contributed by atoms with van der Waals surface area (Å²) < 4.78 is 19.7. The molecule has 0 spiro atoms. The number of nitrogens with one attached hydrogen (secondary N) is 1. The van der Waals surface area contributed by atoms with Crippen LogP contribution in [-0.4, -0.2) is 5.91 Å². The maximum Gasteiger partial charge on any atom is 0.255 e. The number of carbonyl (C=O) groups is 1. The number of aryl methyl sites for hydroxylation is 1. The first-order valence-corrected chi connectivity index (χ1v) is 8.72. The fourth-order valence-corrected chi connectivity index (χ4v) is 3.02. The molecule has 0 saturated heterocycles. The molecule has 4 rings (SSSR count). The van der Waals surface area contributed by atoms with Crippen molar-refractivity contribution in [3.63, 3.8) is 0 Å². The summed E-state index contributed by atoms with van der Waals surface area (Å²) in [6.45, 7) is 1.91. The van der Waals surface area contributed by atoms with Gasteiger partial charge in [0.15, 0.2) is 5.43 Å². The zero-order valence-electron chi connectivity index (χ0n) is 15.0. The molecule has 28 heavy (non-hydrogen) atoms. The predicted octanol–water partition coefficient (Wildman–Crippen LogP) is 5.16. The SMILES string of the molecule is Cc1cccc(C(=O)Nc2ccc3oc(-c4ccccc4F)cc(=O)c3c2)c1. The Morgan fingerprint density at radius 1 is 0.964 bits per heavy atom. The van der Waals surface area contributed by atoms with Crippen LogP contribution in [0.1, 0.15) is 15.9 Å². The summed E-state index contributed by atoms with van der Waals surface area (Å²) in [6, 6.07) is 19.4. The molecular formula is C23H16FNO3. The Balaban J connectivity index is 1.69. The highest BCUT2D eigenvalue weighted by Gasteiger charge is 2.12. The lowest BCUT2D eigenvalue weighted by Crippen LogP contribution is -2.12. The molecule has 0 aliphatic rings. The topological polar surface area (TPSA) is 59.3 Å². The quantitative estimate of drug-likeness (QED) is 0.540. The summed E-state index contributed by atoms with van der Waals surface area (Å²) in [6.07, 6.45) is 0. The van der Waals surface area contributed by atoms with Crippen LogP contribution in [0, 0.1) is 12.7 Å². The van der Waals surface area contributed by atoms with Gasteiger partial charge in [0, 0.05) is 17.3 Å². The van der Waals surface area contributed by atoms with E-state index in [0.29, 0.717) is 22.2 Å². The highest BCUT2D eigenvalue weighted by Crippen LogP contribution is 2.26. The molecule has 4 nitrogen and oxygen atoms in total. The van der Waals surface area contributed by atoms with E-state index in [2.05, 4.69) is 5.32 Å².